The molecule has 59 heavy (non-hydrogen) atoms. The fraction of sp³-hybridized carbons (Fsp3) is 0.476. The summed E-state index contributed by atoms with van der Waals surface area (Å²) in [5.74, 6) is -3.16. The lowest BCUT2D eigenvalue weighted by atomic mass is 9.90. The molecule has 17 heteroatoms. The number of hydrogen-bond acceptors (Lipinski definition) is 12. The molecule has 0 saturated carbocycles. The lowest BCUT2D eigenvalue weighted by molar-refractivity contribution is -0.129. The fourth-order valence-electron chi connectivity index (χ4n) is 7.68. The second kappa shape index (κ2) is 18.7. The summed E-state index contributed by atoms with van der Waals surface area (Å²) in [5, 5.41) is 19.0. The van der Waals surface area contributed by atoms with Crippen LogP contribution in [0.15, 0.2) is 47.8 Å². The summed E-state index contributed by atoms with van der Waals surface area (Å²) in [6.45, 7) is 9.81. The Balaban J connectivity index is 0.921. The average Bonchev–Trinajstić information content (AvgIpc) is 3.82. The number of nitrogens with one attached hydrogen (secondary N) is 2. The van der Waals surface area contributed by atoms with Crippen molar-refractivity contribution in [3.8, 4) is 17.0 Å². The number of carbonyl (C=O) groups is 2. The zero-order valence-corrected chi connectivity index (χ0v) is 34.3. The van der Waals surface area contributed by atoms with Gasteiger partial charge in [-0.3, -0.25) is 19.5 Å². The van der Waals surface area contributed by atoms with Crippen LogP contribution in [0.4, 0.5) is 24.0 Å². The van der Waals surface area contributed by atoms with E-state index in [1.54, 1.807) is 22.4 Å². The summed E-state index contributed by atoms with van der Waals surface area (Å²) in [4.78, 5) is 42.8. The van der Waals surface area contributed by atoms with E-state index in [0.29, 0.717) is 80.7 Å². The molecular weight excluding hydrogens is 788 g/mol. The van der Waals surface area contributed by atoms with E-state index in [1.807, 2.05) is 31.7 Å². The van der Waals surface area contributed by atoms with Crippen LogP contribution in [0.5, 0.6) is 5.75 Å². The Hall–Kier alpha value is -4.65. The van der Waals surface area contributed by atoms with Crippen LogP contribution in [0.3, 0.4) is 0 Å². The largest absolute Gasteiger partial charge is 0.487 e. The van der Waals surface area contributed by atoms with Crippen molar-refractivity contribution in [2.75, 3.05) is 88.6 Å². The van der Waals surface area contributed by atoms with Crippen molar-refractivity contribution < 1.29 is 42.1 Å². The molecule has 5 heterocycles. The normalized spacial score (nSPS) is 19.2. The fourth-order valence-corrected chi connectivity index (χ4v) is 8.56. The number of nitrogens with zero attached hydrogens (tertiary/aromatic N) is 5. The summed E-state index contributed by atoms with van der Waals surface area (Å²) in [6, 6.07) is 9.97. The van der Waals surface area contributed by atoms with E-state index in [-0.39, 0.29) is 68.9 Å². The molecule has 0 radical (unpaired) electrons. The minimum absolute atomic E-state index is 0.00340. The monoisotopic (exact) mass is 837 g/mol. The number of anilines is 2. The van der Waals surface area contributed by atoms with Gasteiger partial charge in [-0.25, -0.2) is 13.8 Å². The first-order valence-corrected chi connectivity index (χ1v) is 20.7. The zero-order chi connectivity index (χ0) is 41.7. The van der Waals surface area contributed by atoms with Crippen LogP contribution in [-0.4, -0.2) is 123 Å². The summed E-state index contributed by atoms with van der Waals surface area (Å²) >= 11 is 1.41. The molecule has 2 aromatic heterocycles. The topological polar surface area (TPSA) is 142 Å². The van der Waals surface area contributed by atoms with E-state index in [2.05, 4.69) is 20.5 Å². The third kappa shape index (κ3) is 9.88. The van der Waals surface area contributed by atoms with Gasteiger partial charge in [0.2, 0.25) is 17.6 Å². The lowest BCUT2D eigenvalue weighted by Crippen LogP contribution is -2.62. The molecule has 4 aromatic rings. The number of fused-ring (bicyclic) bond motifs is 1. The highest BCUT2D eigenvalue weighted by Gasteiger charge is 2.42. The third-order valence-corrected chi connectivity index (χ3v) is 11.7. The van der Waals surface area contributed by atoms with Crippen molar-refractivity contribution in [3.63, 3.8) is 0 Å². The second-order valence-corrected chi connectivity index (χ2v) is 16.5. The number of rotatable bonds is 15. The van der Waals surface area contributed by atoms with Gasteiger partial charge in [0.05, 0.1) is 62.3 Å². The van der Waals surface area contributed by atoms with E-state index < -0.39 is 23.1 Å². The Morgan fingerprint density at radius 2 is 1.85 bits per heavy atom. The predicted molar refractivity (Wildman–Crippen MR) is 217 cm³/mol. The number of carbonyl (C=O) groups excluding carboxylic acids is 2. The molecule has 3 aliphatic heterocycles. The summed E-state index contributed by atoms with van der Waals surface area (Å²) in [7, 11) is 0. The van der Waals surface area contributed by atoms with E-state index in [4.69, 9.17) is 19.2 Å². The SMILES string of the molecule is C[C@@H]1CN(CC(=O)N2CC(C)(C)c3nc(CO)c(Cc4ccc(F)cc4)cc32)[C@@H](C(=O)NCCOCCOc2c(-c3csc(N4CCOCC4)n3)ccc(F)c2F)CN1. The molecule has 316 valence electrons. The van der Waals surface area contributed by atoms with Crippen LogP contribution in [-0.2, 0) is 37.5 Å². The number of halogens is 3. The molecule has 7 rings (SSSR count). The van der Waals surface area contributed by atoms with Gasteiger partial charge in [0.25, 0.3) is 0 Å². The lowest BCUT2D eigenvalue weighted by Gasteiger charge is -2.38. The van der Waals surface area contributed by atoms with Crippen LogP contribution in [0.2, 0.25) is 0 Å². The van der Waals surface area contributed by atoms with Gasteiger partial charge >= 0.3 is 0 Å². The van der Waals surface area contributed by atoms with E-state index in [0.717, 1.165) is 22.3 Å². The number of aromatic nitrogens is 2. The highest BCUT2D eigenvalue weighted by Crippen LogP contribution is 2.41. The van der Waals surface area contributed by atoms with Gasteiger partial charge in [-0.05, 0) is 54.8 Å². The highest BCUT2D eigenvalue weighted by atomic mass is 32.1. The molecule has 0 unspecified atom stereocenters. The van der Waals surface area contributed by atoms with Gasteiger partial charge in [0.15, 0.2) is 16.7 Å². The molecule has 3 aliphatic rings. The number of piperazine rings is 1. The first-order valence-electron chi connectivity index (χ1n) is 19.8. The van der Waals surface area contributed by atoms with Gasteiger partial charge in [0, 0.05) is 61.7 Å². The van der Waals surface area contributed by atoms with Gasteiger partial charge in [0.1, 0.15) is 18.5 Å². The Labute approximate surface area is 345 Å². The number of hydrogen-bond donors (Lipinski definition) is 3. The van der Waals surface area contributed by atoms with Gasteiger partial charge in [-0.1, -0.05) is 26.0 Å². The first kappa shape index (κ1) is 42.5. The van der Waals surface area contributed by atoms with Crippen molar-refractivity contribution >= 4 is 34.0 Å². The molecule has 3 N–H and O–H groups in total. The zero-order valence-electron chi connectivity index (χ0n) is 33.4. The Morgan fingerprint density at radius 3 is 2.61 bits per heavy atom. The predicted octanol–water partition coefficient (Wildman–Crippen LogP) is 4.04. The second-order valence-electron chi connectivity index (χ2n) is 15.6. The van der Waals surface area contributed by atoms with Crippen molar-refractivity contribution in [2.45, 2.75) is 51.3 Å². The van der Waals surface area contributed by atoms with Gasteiger partial charge in [-0.15, -0.1) is 11.3 Å². The smallest absolute Gasteiger partial charge is 0.241 e. The van der Waals surface area contributed by atoms with Crippen LogP contribution < -0.4 is 25.2 Å². The van der Waals surface area contributed by atoms with Gasteiger partial charge < -0.3 is 39.8 Å². The van der Waals surface area contributed by atoms with E-state index in [1.165, 1.54) is 29.5 Å². The molecule has 2 aromatic carbocycles. The maximum atomic E-state index is 15.0. The Kier molecular flexibility index (Phi) is 13.5. The van der Waals surface area contributed by atoms with Crippen molar-refractivity contribution in [3.05, 3.63) is 87.8 Å². The number of pyridine rings is 1. The van der Waals surface area contributed by atoms with E-state index in [9.17, 15) is 27.9 Å². The van der Waals surface area contributed by atoms with Crippen molar-refractivity contribution in [1.29, 1.82) is 0 Å². The summed E-state index contributed by atoms with van der Waals surface area (Å²) < 4.78 is 59.6. The first-order chi connectivity index (χ1) is 28.4. The number of amides is 2. The van der Waals surface area contributed by atoms with E-state index >= 15 is 0 Å². The number of ether oxygens (including phenoxy) is 3. The molecular formula is C42H50F3N7O6S. The molecule has 0 bridgehead atoms. The number of aliphatic hydroxyl groups excluding tert-OH is 1. The standard InChI is InChI=1S/C42H50F3N7O6S/c1-26-21-51(22-36(54)52-25-42(2,3)39-34(52)19-28(32(23-53)48-39)18-27-4-6-29(43)7-5-27)35(20-47-26)40(55)46-10-13-56-16-17-58-38-30(8-9-31(44)37(38)45)33-24-59-41(49-33)50-11-14-57-15-12-50/h4-9,19,24,26,35,47,53H,10-18,20-23,25H2,1-3H3,(H,46,55)/t26-,35-/m1/s1. The maximum absolute atomic E-state index is 15.0. The third-order valence-electron chi connectivity index (χ3n) is 10.8. The number of aliphatic hydroxyl groups is 1. The minimum atomic E-state index is -1.11. The Morgan fingerprint density at radius 1 is 1.07 bits per heavy atom. The molecule has 0 spiro atoms. The summed E-state index contributed by atoms with van der Waals surface area (Å²) in [5.41, 5.74) is 3.81. The number of morpholine rings is 1. The highest BCUT2D eigenvalue weighted by molar-refractivity contribution is 7.14. The summed E-state index contributed by atoms with van der Waals surface area (Å²) in [6.07, 6.45) is 0.406. The quantitative estimate of drug-likeness (QED) is 0.150. The molecule has 13 nitrogen and oxygen atoms in total. The molecule has 0 aliphatic carbocycles. The average molecular weight is 838 g/mol. The number of benzene rings is 2. The molecule has 2 saturated heterocycles. The maximum Gasteiger partial charge on any atom is 0.241 e. The van der Waals surface area contributed by atoms with Crippen LogP contribution in [0.1, 0.15) is 43.3 Å². The van der Waals surface area contributed by atoms with Crippen LogP contribution in [0.25, 0.3) is 11.3 Å². The van der Waals surface area contributed by atoms with Crippen molar-refractivity contribution in [2.24, 2.45) is 0 Å². The minimum Gasteiger partial charge on any atom is -0.487 e. The van der Waals surface area contributed by atoms with Crippen LogP contribution in [0, 0.1) is 17.5 Å². The molecule has 2 fully saturated rings. The van der Waals surface area contributed by atoms with Crippen molar-refractivity contribution in [1.82, 2.24) is 25.5 Å². The molecule has 2 atom stereocenters. The van der Waals surface area contributed by atoms with Gasteiger partial charge in [-0.2, -0.15) is 4.39 Å². The van der Waals surface area contributed by atoms with Crippen LogP contribution >= 0.6 is 11.3 Å². The number of thiazole rings is 1. The molecule has 2 amide bonds. The Bertz CT molecular complexity index is 2120.